The summed E-state index contributed by atoms with van der Waals surface area (Å²) < 4.78 is 1.96. The maximum atomic E-state index is 12.1. The molecule has 1 amide bonds. The number of carboxylic acids is 1. The number of nitrogens with zero attached hydrogens (tertiary/aromatic N) is 4. The van der Waals surface area contributed by atoms with E-state index in [0.29, 0.717) is 17.3 Å². The molecule has 2 aromatic carbocycles. The average molecular weight is 422 g/mol. The van der Waals surface area contributed by atoms with Crippen LogP contribution in [-0.2, 0) is 11.3 Å². The van der Waals surface area contributed by atoms with Crippen molar-refractivity contribution in [2.24, 2.45) is 5.10 Å². The highest BCUT2D eigenvalue weighted by Crippen LogP contribution is 2.24. The fourth-order valence-corrected chi connectivity index (χ4v) is 3.44. The SMILES string of the molecule is CCn1c(SCC(=O)N/N=C\c2ccc(C(=O)[O-])cc2)nnc1-c1ccc(C)cc1. The molecule has 0 aliphatic rings. The number of amides is 1. The van der Waals surface area contributed by atoms with E-state index in [1.165, 1.54) is 35.7 Å². The highest BCUT2D eigenvalue weighted by molar-refractivity contribution is 7.99. The molecule has 0 radical (unpaired) electrons. The van der Waals surface area contributed by atoms with Gasteiger partial charge in [-0.05, 0) is 25.0 Å². The summed E-state index contributed by atoms with van der Waals surface area (Å²) in [6.45, 7) is 4.71. The number of rotatable bonds is 8. The molecule has 0 aliphatic carbocycles. The number of aromatic nitrogens is 3. The van der Waals surface area contributed by atoms with Gasteiger partial charge < -0.3 is 14.5 Å². The highest BCUT2D eigenvalue weighted by atomic mass is 32.2. The second-order valence-corrected chi connectivity index (χ2v) is 7.35. The number of hydrogen-bond acceptors (Lipinski definition) is 7. The molecule has 1 N–H and O–H groups in total. The number of carboxylic acid groups (broad SMARTS) is 1. The third-order valence-corrected chi connectivity index (χ3v) is 5.19. The standard InChI is InChI=1S/C21H21N5O3S/c1-3-26-19(16-8-4-14(2)5-9-16)24-25-21(26)30-13-18(27)23-22-12-15-6-10-17(11-7-15)20(28)29/h4-12H,3,13H2,1-2H3,(H,23,27)(H,28,29)/p-1/b22-12-. The second kappa shape index (κ2) is 9.84. The summed E-state index contributed by atoms with van der Waals surface area (Å²) in [7, 11) is 0. The molecule has 3 aromatic rings. The lowest BCUT2D eigenvalue weighted by molar-refractivity contribution is -0.255. The van der Waals surface area contributed by atoms with Gasteiger partial charge in [-0.25, -0.2) is 5.43 Å². The van der Waals surface area contributed by atoms with E-state index in [-0.39, 0.29) is 17.2 Å². The largest absolute Gasteiger partial charge is 0.545 e. The second-order valence-electron chi connectivity index (χ2n) is 6.41. The van der Waals surface area contributed by atoms with Gasteiger partial charge in [0.05, 0.1) is 17.9 Å². The Labute approximate surface area is 178 Å². The first-order valence-corrected chi connectivity index (χ1v) is 10.2. The molecule has 0 saturated carbocycles. The molecule has 0 atom stereocenters. The van der Waals surface area contributed by atoms with Crippen LogP contribution in [-0.4, -0.2) is 38.6 Å². The molecule has 0 aliphatic heterocycles. The van der Waals surface area contributed by atoms with Crippen molar-refractivity contribution in [2.75, 3.05) is 5.75 Å². The van der Waals surface area contributed by atoms with Gasteiger partial charge >= 0.3 is 0 Å². The molecule has 0 bridgehead atoms. The predicted molar refractivity (Wildman–Crippen MR) is 113 cm³/mol. The van der Waals surface area contributed by atoms with E-state index in [4.69, 9.17) is 0 Å². The van der Waals surface area contributed by atoms with Crippen LogP contribution in [0.15, 0.2) is 58.8 Å². The van der Waals surface area contributed by atoms with Crippen LogP contribution < -0.4 is 10.5 Å². The van der Waals surface area contributed by atoms with Gasteiger partial charge in [-0.1, -0.05) is 65.9 Å². The van der Waals surface area contributed by atoms with Crippen molar-refractivity contribution < 1.29 is 14.7 Å². The van der Waals surface area contributed by atoms with Crippen LogP contribution in [0.1, 0.15) is 28.4 Å². The van der Waals surface area contributed by atoms with Gasteiger partial charge in [-0.3, -0.25) is 4.79 Å². The Kier molecular flexibility index (Phi) is 6.97. The zero-order valence-corrected chi connectivity index (χ0v) is 17.3. The molecular formula is C21H20N5O3S-. The van der Waals surface area contributed by atoms with Gasteiger partial charge in [0, 0.05) is 12.1 Å². The lowest BCUT2D eigenvalue weighted by Crippen LogP contribution is -2.22. The first-order valence-electron chi connectivity index (χ1n) is 9.24. The fourth-order valence-electron chi connectivity index (χ4n) is 2.64. The number of carbonyl (C=O) groups is 2. The molecule has 0 spiro atoms. The van der Waals surface area contributed by atoms with Gasteiger partial charge in [0.2, 0.25) is 0 Å². The first kappa shape index (κ1) is 21.3. The molecule has 9 heteroatoms. The first-order chi connectivity index (χ1) is 14.5. The summed E-state index contributed by atoms with van der Waals surface area (Å²) in [6, 6.07) is 14.0. The number of hydrogen-bond donors (Lipinski definition) is 1. The van der Waals surface area contributed by atoms with Crippen molar-refractivity contribution in [3.05, 3.63) is 65.2 Å². The molecule has 0 unspecified atom stereocenters. The van der Waals surface area contributed by atoms with Gasteiger partial charge in [-0.2, -0.15) is 5.10 Å². The summed E-state index contributed by atoms with van der Waals surface area (Å²) >= 11 is 1.28. The molecule has 1 heterocycles. The highest BCUT2D eigenvalue weighted by Gasteiger charge is 2.14. The summed E-state index contributed by atoms with van der Waals surface area (Å²) in [5.41, 5.74) is 5.32. The van der Waals surface area contributed by atoms with Gasteiger partial charge in [0.1, 0.15) is 0 Å². The van der Waals surface area contributed by atoms with Crippen LogP contribution in [0.5, 0.6) is 0 Å². The molecule has 3 rings (SSSR count). The normalized spacial score (nSPS) is 11.0. The lowest BCUT2D eigenvalue weighted by Gasteiger charge is -2.07. The van der Waals surface area contributed by atoms with Crippen LogP contribution in [0, 0.1) is 6.92 Å². The number of aromatic carboxylic acids is 1. The Bertz CT molecular complexity index is 1060. The quantitative estimate of drug-likeness (QED) is 0.337. The number of benzene rings is 2. The number of thioether (sulfide) groups is 1. The third-order valence-electron chi connectivity index (χ3n) is 4.22. The van der Waals surface area contributed by atoms with Crippen molar-refractivity contribution in [1.29, 1.82) is 0 Å². The van der Waals surface area contributed by atoms with Gasteiger partial charge in [0.25, 0.3) is 5.91 Å². The maximum Gasteiger partial charge on any atom is 0.250 e. The van der Waals surface area contributed by atoms with Crippen LogP contribution in [0.25, 0.3) is 11.4 Å². The Balaban J connectivity index is 1.57. The van der Waals surface area contributed by atoms with Crippen molar-refractivity contribution >= 4 is 29.9 Å². The number of carbonyl (C=O) groups excluding carboxylic acids is 2. The van der Waals surface area contributed by atoms with Crippen molar-refractivity contribution in [1.82, 2.24) is 20.2 Å². The molecule has 30 heavy (non-hydrogen) atoms. The Morgan fingerprint density at radius 1 is 1.13 bits per heavy atom. The lowest BCUT2D eigenvalue weighted by atomic mass is 10.1. The molecule has 0 fully saturated rings. The molecule has 0 saturated heterocycles. The van der Waals surface area contributed by atoms with Gasteiger partial charge in [0.15, 0.2) is 11.0 Å². The zero-order valence-electron chi connectivity index (χ0n) is 16.5. The monoisotopic (exact) mass is 422 g/mol. The van der Waals surface area contributed by atoms with Crippen molar-refractivity contribution in [3.8, 4) is 11.4 Å². The van der Waals surface area contributed by atoms with E-state index < -0.39 is 5.97 Å². The van der Waals surface area contributed by atoms with E-state index >= 15 is 0 Å². The van der Waals surface area contributed by atoms with E-state index in [0.717, 1.165) is 11.4 Å². The minimum absolute atomic E-state index is 0.0811. The van der Waals surface area contributed by atoms with E-state index in [1.54, 1.807) is 12.1 Å². The summed E-state index contributed by atoms with van der Waals surface area (Å²) in [5, 5.41) is 23.8. The van der Waals surface area contributed by atoms with E-state index in [9.17, 15) is 14.7 Å². The molecule has 1 aromatic heterocycles. The van der Waals surface area contributed by atoms with Crippen LogP contribution >= 0.6 is 11.8 Å². The Morgan fingerprint density at radius 2 is 1.83 bits per heavy atom. The minimum Gasteiger partial charge on any atom is -0.545 e. The topological polar surface area (TPSA) is 112 Å². The van der Waals surface area contributed by atoms with E-state index in [1.807, 2.05) is 42.7 Å². The zero-order chi connectivity index (χ0) is 21.5. The van der Waals surface area contributed by atoms with E-state index in [2.05, 4.69) is 20.7 Å². The summed E-state index contributed by atoms with van der Waals surface area (Å²) in [5.74, 6) is -0.634. The third kappa shape index (κ3) is 5.32. The predicted octanol–water partition coefficient (Wildman–Crippen LogP) is 1.88. The van der Waals surface area contributed by atoms with Crippen LogP contribution in [0.4, 0.5) is 0 Å². The maximum absolute atomic E-state index is 12.1. The molecular weight excluding hydrogens is 402 g/mol. The smallest absolute Gasteiger partial charge is 0.250 e. The van der Waals surface area contributed by atoms with Crippen LogP contribution in [0.2, 0.25) is 0 Å². The fraction of sp³-hybridized carbons (Fsp3) is 0.190. The minimum atomic E-state index is -1.24. The Hall–Kier alpha value is -3.46. The summed E-state index contributed by atoms with van der Waals surface area (Å²) in [4.78, 5) is 22.8. The van der Waals surface area contributed by atoms with Crippen molar-refractivity contribution in [2.45, 2.75) is 25.5 Å². The number of nitrogens with one attached hydrogen (secondary N) is 1. The molecule has 154 valence electrons. The summed E-state index contributed by atoms with van der Waals surface area (Å²) in [6.07, 6.45) is 1.44. The van der Waals surface area contributed by atoms with Crippen LogP contribution in [0.3, 0.4) is 0 Å². The number of hydrazone groups is 1. The van der Waals surface area contributed by atoms with Gasteiger partial charge in [-0.15, -0.1) is 10.2 Å². The molecule has 8 nitrogen and oxygen atoms in total. The van der Waals surface area contributed by atoms with Crippen molar-refractivity contribution in [3.63, 3.8) is 0 Å². The Morgan fingerprint density at radius 3 is 2.47 bits per heavy atom. The number of aryl methyl sites for hydroxylation is 1. The average Bonchev–Trinajstić information content (AvgIpc) is 3.16.